The summed E-state index contributed by atoms with van der Waals surface area (Å²) >= 11 is 0. The van der Waals surface area contributed by atoms with Crippen LogP contribution in [0.3, 0.4) is 0 Å². The van der Waals surface area contributed by atoms with Crippen molar-refractivity contribution in [3.8, 4) is 0 Å². The van der Waals surface area contributed by atoms with Gasteiger partial charge in [0.15, 0.2) is 11.6 Å². The molecule has 0 saturated heterocycles. The number of nitrogens with one attached hydrogen (secondary N) is 1. The van der Waals surface area contributed by atoms with Gasteiger partial charge in [-0.15, -0.1) is 0 Å². The van der Waals surface area contributed by atoms with Gasteiger partial charge >= 0.3 is 0 Å². The minimum Gasteiger partial charge on any atom is -0.313 e. The third-order valence-electron chi connectivity index (χ3n) is 2.74. The van der Waals surface area contributed by atoms with Crippen molar-refractivity contribution in [2.45, 2.75) is 25.8 Å². The predicted octanol–water partition coefficient (Wildman–Crippen LogP) is 2.85. The number of hydrogen-bond donors (Lipinski definition) is 1. The molecule has 1 aliphatic carbocycles. The second-order valence-electron chi connectivity index (χ2n) is 4.16. The van der Waals surface area contributed by atoms with Crippen LogP contribution in [0.15, 0.2) is 18.2 Å². The second kappa shape index (κ2) is 4.71. The number of hydrogen-bond acceptors (Lipinski definition) is 1. The first-order valence-corrected chi connectivity index (χ1v) is 5.40. The molecule has 0 radical (unpaired) electrons. The molecule has 82 valence electrons. The van der Waals surface area contributed by atoms with E-state index in [9.17, 15) is 8.78 Å². The number of halogens is 2. The van der Waals surface area contributed by atoms with Crippen molar-refractivity contribution in [2.24, 2.45) is 5.92 Å². The topological polar surface area (TPSA) is 12.0 Å². The summed E-state index contributed by atoms with van der Waals surface area (Å²) in [5.74, 6) is -0.643. The summed E-state index contributed by atoms with van der Waals surface area (Å²) in [5, 5.41) is 3.23. The normalized spacial score (nSPS) is 15.6. The highest BCUT2D eigenvalue weighted by atomic mass is 19.2. The zero-order valence-corrected chi connectivity index (χ0v) is 8.60. The number of rotatable bonds is 5. The molecule has 0 unspecified atom stereocenters. The first-order valence-electron chi connectivity index (χ1n) is 5.40. The average Bonchev–Trinajstić information content (AvgIpc) is 3.02. The second-order valence-corrected chi connectivity index (χ2v) is 4.16. The zero-order chi connectivity index (χ0) is 10.7. The maximum absolute atomic E-state index is 12.8. The maximum atomic E-state index is 12.8. The monoisotopic (exact) mass is 211 g/mol. The Morgan fingerprint density at radius 1 is 1.20 bits per heavy atom. The van der Waals surface area contributed by atoms with E-state index in [4.69, 9.17) is 0 Å². The maximum Gasteiger partial charge on any atom is 0.159 e. The fraction of sp³-hybridized carbons (Fsp3) is 0.500. The largest absolute Gasteiger partial charge is 0.313 e. The van der Waals surface area contributed by atoms with Gasteiger partial charge in [0.1, 0.15) is 0 Å². The highest BCUT2D eigenvalue weighted by Crippen LogP contribution is 2.31. The first-order chi connectivity index (χ1) is 7.25. The van der Waals surface area contributed by atoms with Crippen LogP contribution in [0.5, 0.6) is 0 Å². The first kappa shape index (κ1) is 10.6. The van der Waals surface area contributed by atoms with Crippen molar-refractivity contribution in [3.05, 3.63) is 35.4 Å². The molecular formula is C12H15F2N. The predicted molar refractivity (Wildman–Crippen MR) is 55.4 cm³/mol. The minimum atomic E-state index is -0.781. The van der Waals surface area contributed by atoms with Gasteiger partial charge in [0.05, 0.1) is 0 Å². The molecule has 0 amide bonds. The molecule has 0 aromatic heterocycles. The van der Waals surface area contributed by atoms with E-state index in [1.807, 2.05) is 0 Å². The van der Waals surface area contributed by atoms with Crippen LogP contribution in [0.25, 0.3) is 0 Å². The van der Waals surface area contributed by atoms with Crippen LogP contribution in [-0.4, -0.2) is 6.54 Å². The summed E-state index contributed by atoms with van der Waals surface area (Å²) in [5.41, 5.74) is 0.796. The van der Waals surface area contributed by atoms with Gasteiger partial charge in [-0.05, 0) is 36.6 Å². The Morgan fingerprint density at radius 3 is 2.67 bits per heavy atom. The van der Waals surface area contributed by atoms with Crippen molar-refractivity contribution in [3.63, 3.8) is 0 Å². The summed E-state index contributed by atoms with van der Waals surface area (Å²) in [6, 6.07) is 4.04. The summed E-state index contributed by atoms with van der Waals surface area (Å²) in [6.07, 6.45) is 3.91. The smallest absolute Gasteiger partial charge is 0.159 e. The summed E-state index contributed by atoms with van der Waals surface area (Å²) in [4.78, 5) is 0. The van der Waals surface area contributed by atoms with E-state index < -0.39 is 11.6 Å². The molecule has 0 spiro atoms. The summed E-state index contributed by atoms with van der Waals surface area (Å²) < 4.78 is 25.4. The molecular weight excluding hydrogens is 196 g/mol. The lowest BCUT2D eigenvalue weighted by atomic mass is 10.2. The Morgan fingerprint density at radius 2 is 2.00 bits per heavy atom. The van der Waals surface area contributed by atoms with Crippen LogP contribution in [0.4, 0.5) is 8.78 Å². The van der Waals surface area contributed by atoms with E-state index in [0.29, 0.717) is 6.54 Å². The van der Waals surface area contributed by atoms with Gasteiger partial charge in [0.25, 0.3) is 0 Å². The van der Waals surface area contributed by atoms with Crippen LogP contribution in [0.1, 0.15) is 24.8 Å². The van der Waals surface area contributed by atoms with Crippen molar-refractivity contribution in [1.29, 1.82) is 0 Å². The zero-order valence-electron chi connectivity index (χ0n) is 8.60. The standard InChI is InChI=1S/C12H15F2N/c13-11-4-3-10(7-12(11)14)8-15-6-5-9-1-2-9/h3-4,7,9,15H,1-2,5-6,8H2. The molecule has 1 saturated carbocycles. The van der Waals surface area contributed by atoms with E-state index in [2.05, 4.69) is 5.32 Å². The fourth-order valence-corrected chi connectivity index (χ4v) is 1.60. The molecule has 0 heterocycles. The molecule has 1 aromatic rings. The van der Waals surface area contributed by atoms with Gasteiger partial charge < -0.3 is 5.32 Å². The Bertz CT molecular complexity index is 334. The van der Waals surface area contributed by atoms with Gasteiger partial charge in [-0.25, -0.2) is 8.78 Å². The molecule has 15 heavy (non-hydrogen) atoms. The molecule has 1 nitrogen and oxygen atoms in total. The third-order valence-corrected chi connectivity index (χ3v) is 2.74. The summed E-state index contributed by atoms with van der Waals surface area (Å²) in [6.45, 7) is 1.58. The highest BCUT2D eigenvalue weighted by Gasteiger charge is 2.19. The van der Waals surface area contributed by atoms with Crippen LogP contribution in [-0.2, 0) is 6.54 Å². The van der Waals surface area contributed by atoms with Crippen LogP contribution < -0.4 is 5.32 Å². The Kier molecular flexibility index (Phi) is 3.31. The molecule has 1 fully saturated rings. The van der Waals surface area contributed by atoms with Crippen molar-refractivity contribution in [1.82, 2.24) is 5.32 Å². The highest BCUT2D eigenvalue weighted by molar-refractivity contribution is 5.17. The summed E-state index contributed by atoms with van der Waals surface area (Å²) in [7, 11) is 0. The van der Waals surface area contributed by atoms with E-state index in [-0.39, 0.29) is 0 Å². The van der Waals surface area contributed by atoms with Crippen molar-refractivity contribution in [2.75, 3.05) is 6.54 Å². The lowest BCUT2D eigenvalue weighted by Gasteiger charge is -2.04. The Balaban J connectivity index is 1.74. The minimum absolute atomic E-state index is 0.615. The van der Waals surface area contributed by atoms with Gasteiger partial charge in [-0.3, -0.25) is 0 Å². The Hall–Kier alpha value is -0.960. The molecule has 0 aliphatic heterocycles. The molecule has 0 bridgehead atoms. The lowest BCUT2D eigenvalue weighted by molar-refractivity contribution is 0.505. The van der Waals surface area contributed by atoms with Gasteiger partial charge in [-0.2, -0.15) is 0 Å². The van der Waals surface area contributed by atoms with Gasteiger partial charge in [0, 0.05) is 6.54 Å². The van der Waals surface area contributed by atoms with E-state index >= 15 is 0 Å². The van der Waals surface area contributed by atoms with Crippen molar-refractivity contribution < 1.29 is 8.78 Å². The van der Waals surface area contributed by atoms with Gasteiger partial charge in [0.2, 0.25) is 0 Å². The molecule has 0 atom stereocenters. The SMILES string of the molecule is Fc1ccc(CNCCC2CC2)cc1F. The quantitative estimate of drug-likeness (QED) is 0.738. The average molecular weight is 211 g/mol. The lowest BCUT2D eigenvalue weighted by Crippen LogP contribution is -2.15. The third kappa shape index (κ3) is 3.27. The van der Waals surface area contributed by atoms with E-state index in [1.54, 1.807) is 6.07 Å². The molecule has 1 N–H and O–H groups in total. The fourth-order valence-electron chi connectivity index (χ4n) is 1.60. The van der Waals surface area contributed by atoms with E-state index in [1.165, 1.54) is 31.4 Å². The molecule has 1 aromatic carbocycles. The number of benzene rings is 1. The molecule has 1 aliphatic rings. The van der Waals surface area contributed by atoms with E-state index in [0.717, 1.165) is 18.0 Å². The van der Waals surface area contributed by atoms with Crippen LogP contribution in [0, 0.1) is 17.6 Å². The molecule has 3 heteroatoms. The van der Waals surface area contributed by atoms with Crippen LogP contribution >= 0.6 is 0 Å². The van der Waals surface area contributed by atoms with Crippen LogP contribution in [0.2, 0.25) is 0 Å². The molecule has 2 rings (SSSR count). The Labute approximate surface area is 88.5 Å². The van der Waals surface area contributed by atoms with Crippen molar-refractivity contribution >= 4 is 0 Å². The van der Waals surface area contributed by atoms with Gasteiger partial charge in [-0.1, -0.05) is 18.9 Å².